The third-order valence-corrected chi connectivity index (χ3v) is 4.29. The molecule has 0 N–H and O–H groups in total. The summed E-state index contributed by atoms with van der Waals surface area (Å²) in [6, 6.07) is 7.78. The van der Waals surface area contributed by atoms with Gasteiger partial charge >= 0.3 is 6.09 Å². The lowest BCUT2D eigenvalue weighted by Gasteiger charge is -2.26. The minimum Gasteiger partial charge on any atom is -0.497 e. The Hall–Kier alpha value is -2.24. The van der Waals surface area contributed by atoms with Crippen molar-refractivity contribution < 1.29 is 19.1 Å². The van der Waals surface area contributed by atoms with Crippen LogP contribution in [-0.4, -0.2) is 60.7 Å². The number of benzene rings is 1. The van der Waals surface area contributed by atoms with E-state index in [1.165, 1.54) is 0 Å². The van der Waals surface area contributed by atoms with E-state index in [0.717, 1.165) is 17.7 Å². The molecular formula is C20H30N2O4. The first-order chi connectivity index (χ1) is 12.3. The minimum atomic E-state index is -0.503. The fourth-order valence-corrected chi connectivity index (χ4v) is 2.88. The van der Waals surface area contributed by atoms with E-state index in [2.05, 4.69) is 0 Å². The quantitative estimate of drug-likeness (QED) is 0.826. The van der Waals surface area contributed by atoms with Crippen molar-refractivity contribution in [2.75, 3.05) is 33.3 Å². The Morgan fingerprint density at radius 3 is 2.23 bits per heavy atom. The van der Waals surface area contributed by atoms with Crippen LogP contribution in [0.4, 0.5) is 4.79 Å². The van der Waals surface area contributed by atoms with E-state index >= 15 is 0 Å². The van der Waals surface area contributed by atoms with E-state index in [1.54, 1.807) is 12.0 Å². The molecule has 0 bridgehead atoms. The van der Waals surface area contributed by atoms with Gasteiger partial charge in [-0.25, -0.2) is 4.79 Å². The molecule has 2 rings (SSSR count). The zero-order chi connectivity index (χ0) is 19.2. The average Bonchev–Trinajstić information content (AvgIpc) is 2.85. The number of ether oxygens (including phenoxy) is 2. The molecule has 1 aromatic carbocycles. The Morgan fingerprint density at radius 2 is 1.62 bits per heavy atom. The number of aryl methyl sites for hydroxylation is 1. The van der Waals surface area contributed by atoms with Crippen LogP contribution in [0.3, 0.4) is 0 Å². The van der Waals surface area contributed by atoms with E-state index in [4.69, 9.17) is 9.47 Å². The lowest BCUT2D eigenvalue weighted by molar-refractivity contribution is -0.131. The van der Waals surface area contributed by atoms with E-state index < -0.39 is 5.60 Å². The second-order valence-electron chi connectivity index (χ2n) is 7.55. The summed E-state index contributed by atoms with van der Waals surface area (Å²) in [5.74, 6) is 0.946. The van der Waals surface area contributed by atoms with Gasteiger partial charge < -0.3 is 19.3 Å². The van der Waals surface area contributed by atoms with Gasteiger partial charge in [-0.3, -0.25) is 4.79 Å². The summed E-state index contributed by atoms with van der Waals surface area (Å²) >= 11 is 0. The number of rotatable bonds is 4. The normalized spacial score (nSPS) is 15.4. The van der Waals surface area contributed by atoms with Crippen LogP contribution in [0.25, 0.3) is 0 Å². The highest BCUT2D eigenvalue weighted by Gasteiger charge is 2.25. The molecular weight excluding hydrogens is 332 g/mol. The monoisotopic (exact) mass is 362 g/mol. The first kappa shape index (κ1) is 20.1. The molecule has 0 aliphatic carbocycles. The molecule has 6 nitrogen and oxygen atoms in total. The minimum absolute atomic E-state index is 0.131. The van der Waals surface area contributed by atoms with Crippen LogP contribution in [0.2, 0.25) is 0 Å². The maximum Gasteiger partial charge on any atom is 0.410 e. The second kappa shape index (κ2) is 8.92. The molecule has 1 heterocycles. The van der Waals surface area contributed by atoms with Crippen molar-refractivity contribution >= 4 is 12.0 Å². The van der Waals surface area contributed by atoms with Crippen LogP contribution in [-0.2, 0) is 16.0 Å². The molecule has 144 valence electrons. The van der Waals surface area contributed by atoms with Crippen molar-refractivity contribution in [1.29, 1.82) is 0 Å². The maximum atomic E-state index is 12.5. The van der Waals surface area contributed by atoms with Gasteiger partial charge in [0.25, 0.3) is 0 Å². The van der Waals surface area contributed by atoms with Crippen molar-refractivity contribution in [3.8, 4) is 5.75 Å². The number of carbonyl (C=O) groups excluding carboxylic acids is 2. The number of hydrogen-bond acceptors (Lipinski definition) is 4. The summed E-state index contributed by atoms with van der Waals surface area (Å²) in [4.78, 5) is 28.3. The molecule has 0 saturated carbocycles. The maximum absolute atomic E-state index is 12.5. The summed E-state index contributed by atoms with van der Waals surface area (Å²) < 4.78 is 10.6. The molecule has 0 spiro atoms. The van der Waals surface area contributed by atoms with Gasteiger partial charge in [0.15, 0.2) is 0 Å². The molecule has 0 atom stereocenters. The van der Waals surface area contributed by atoms with Gasteiger partial charge in [0.1, 0.15) is 11.4 Å². The Labute approximate surface area is 156 Å². The van der Waals surface area contributed by atoms with Gasteiger partial charge in [-0.2, -0.15) is 0 Å². The van der Waals surface area contributed by atoms with Crippen LogP contribution in [0, 0.1) is 0 Å². The van der Waals surface area contributed by atoms with E-state index in [9.17, 15) is 9.59 Å². The average molecular weight is 362 g/mol. The van der Waals surface area contributed by atoms with Gasteiger partial charge in [0.05, 0.1) is 7.11 Å². The number of nitrogens with zero attached hydrogens (tertiary/aromatic N) is 2. The highest BCUT2D eigenvalue weighted by Crippen LogP contribution is 2.15. The fourth-order valence-electron chi connectivity index (χ4n) is 2.88. The van der Waals surface area contributed by atoms with Gasteiger partial charge in [-0.1, -0.05) is 12.1 Å². The first-order valence-corrected chi connectivity index (χ1v) is 9.17. The summed E-state index contributed by atoms with van der Waals surface area (Å²) in [5.41, 5.74) is 0.612. The van der Waals surface area contributed by atoms with Crippen LogP contribution >= 0.6 is 0 Å². The molecule has 0 unspecified atom stereocenters. The molecule has 2 amide bonds. The third-order valence-electron chi connectivity index (χ3n) is 4.29. The molecule has 26 heavy (non-hydrogen) atoms. The van der Waals surface area contributed by atoms with Crippen molar-refractivity contribution in [3.63, 3.8) is 0 Å². The highest BCUT2D eigenvalue weighted by molar-refractivity contribution is 5.76. The van der Waals surface area contributed by atoms with Crippen molar-refractivity contribution in [3.05, 3.63) is 29.8 Å². The molecule has 1 fully saturated rings. The van der Waals surface area contributed by atoms with E-state index in [-0.39, 0.29) is 12.0 Å². The third kappa shape index (κ3) is 6.24. The predicted molar refractivity (Wildman–Crippen MR) is 100 cm³/mol. The smallest absolute Gasteiger partial charge is 0.410 e. The Bertz CT molecular complexity index is 607. The molecule has 1 aromatic rings. The Morgan fingerprint density at radius 1 is 1.00 bits per heavy atom. The topological polar surface area (TPSA) is 59.1 Å². The second-order valence-corrected chi connectivity index (χ2v) is 7.55. The summed E-state index contributed by atoms with van der Waals surface area (Å²) in [6.45, 7) is 7.95. The lowest BCUT2D eigenvalue weighted by atomic mass is 10.1. The standard InChI is InChI=1S/C20H30N2O4/c1-20(2,3)26-19(24)22-13-5-12-21(14-15-22)18(23)11-8-16-6-9-17(25-4)10-7-16/h6-7,9-10H,5,8,11-15H2,1-4H3. The fraction of sp³-hybridized carbons (Fsp3) is 0.600. The lowest BCUT2D eigenvalue weighted by Crippen LogP contribution is -2.40. The van der Waals surface area contributed by atoms with Crippen LogP contribution in [0.15, 0.2) is 24.3 Å². The number of hydrogen-bond donors (Lipinski definition) is 0. The zero-order valence-corrected chi connectivity index (χ0v) is 16.3. The predicted octanol–water partition coefficient (Wildman–Crippen LogP) is 3.10. The molecule has 1 saturated heterocycles. The van der Waals surface area contributed by atoms with E-state index in [1.807, 2.05) is 49.9 Å². The summed E-state index contributed by atoms with van der Waals surface area (Å²) in [6.07, 6.45) is 1.64. The van der Waals surface area contributed by atoms with Gasteiger partial charge in [0.2, 0.25) is 5.91 Å². The van der Waals surface area contributed by atoms with Crippen LogP contribution < -0.4 is 4.74 Å². The SMILES string of the molecule is COc1ccc(CCC(=O)N2CCCN(C(=O)OC(C)(C)C)CC2)cc1. The molecule has 6 heteroatoms. The van der Waals surface area contributed by atoms with Crippen LogP contribution in [0.5, 0.6) is 5.75 Å². The number of methoxy groups -OCH3 is 1. The van der Waals surface area contributed by atoms with Gasteiger partial charge in [-0.05, 0) is 51.3 Å². The zero-order valence-electron chi connectivity index (χ0n) is 16.3. The molecule has 1 aliphatic rings. The van der Waals surface area contributed by atoms with Crippen molar-refractivity contribution in [2.24, 2.45) is 0 Å². The van der Waals surface area contributed by atoms with Crippen molar-refractivity contribution in [1.82, 2.24) is 9.80 Å². The first-order valence-electron chi connectivity index (χ1n) is 9.17. The van der Waals surface area contributed by atoms with Crippen LogP contribution in [0.1, 0.15) is 39.2 Å². The molecule has 0 aromatic heterocycles. The Balaban J connectivity index is 1.81. The molecule has 1 aliphatic heterocycles. The van der Waals surface area contributed by atoms with E-state index in [0.29, 0.717) is 39.0 Å². The summed E-state index contributed by atoms with van der Waals surface area (Å²) in [5, 5.41) is 0. The summed E-state index contributed by atoms with van der Waals surface area (Å²) in [7, 11) is 1.64. The highest BCUT2D eigenvalue weighted by atomic mass is 16.6. The molecule has 0 radical (unpaired) electrons. The number of carbonyl (C=O) groups is 2. The number of amides is 2. The largest absolute Gasteiger partial charge is 0.497 e. The van der Waals surface area contributed by atoms with Gasteiger partial charge in [-0.15, -0.1) is 0 Å². The van der Waals surface area contributed by atoms with Gasteiger partial charge in [0, 0.05) is 32.6 Å². The van der Waals surface area contributed by atoms with Crippen molar-refractivity contribution in [2.45, 2.75) is 45.6 Å². The Kier molecular flexibility index (Phi) is 6.89.